The first kappa shape index (κ1) is 27.7. The van der Waals surface area contributed by atoms with Gasteiger partial charge in [-0.2, -0.15) is 0 Å². The molecule has 3 aromatic rings. The molecular formula is C30H36N2O5. The quantitative estimate of drug-likeness (QED) is 0.272. The predicted octanol–water partition coefficient (Wildman–Crippen LogP) is 6.53. The molecule has 0 saturated heterocycles. The zero-order valence-corrected chi connectivity index (χ0v) is 22.2. The standard InChI is InChI=1S/C30H36N2O5/c1-19(2)18-23-10-12-24(13-11-23)22(5)37-26-15-14-25(20(3)21(26)4)30(35)32-29-27(8-6-16-31-29)36-17-7-9-28(33)34/h6,8,10-16,19,22H,7,9,17-18H2,1-5H3,(H,33,34)(H,31,32,35)/t22-/m0/s1. The minimum absolute atomic E-state index is 0.0108. The van der Waals surface area contributed by atoms with Gasteiger partial charge < -0.3 is 19.9 Å². The first-order valence-corrected chi connectivity index (χ1v) is 12.6. The predicted molar refractivity (Wildman–Crippen MR) is 144 cm³/mol. The molecule has 7 nitrogen and oxygen atoms in total. The monoisotopic (exact) mass is 504 g/mol. The summed E-state index contributed by atoms with van der Waals surface area (Å²) in [6.45, 7) is 10.5. The normalized spacial score (nSPS) is 11.7. The fourth-order valence-electron chi connectivity index (χ4n) is 4.01. The number of carboxylic acids is 1. The molecule has 196 valence electrons. The summed E-state index contributed by atoms with van der Waals surface area (Å²) in [5, 5.41) is 11.6. The van der Waals surface area contributed by atoms with Crippen molar-refractivity contribution in [2.24, 2.45) is 5.92 Å². The summed E-state index contributed by atoms with van der Waals surface area (Å²) in [6, 6.07) is 15.5. The van der Waals surface area contributed by atoms with Gasteiger partial charge in [0, 0.05) is 18.2 Å². The summed E-state index contributed by atoms with van der Waals surface area (Å²) in [4.78, 5) is 28.0. The summed E-state index contributed by atoms with van der Waals surface area (Å²) in [5.41, 5.74) is 4.63. The van der Waals surface area contributed by atoms with Gasteiger partial charge in [0.25, 0.3) is 5.91 Å². The lowest BCUT2D eigenvalue weighted by molar-refractivity contribution is -0.137. The minimum atomic E-state index is -0.879. The van der Waals surface area contributed by atoms with Crippen LogP contribution in [0.2, 0.25) is 0 Å². The van der Waals surface area contributed by atoms with E-state index in [0.717, 1.165) is 28.9 Å². The van der Waals surface area contributed by atoms with Gasteiger partial charge in [-0.25, -0.2) is 4.98 Å². The maximum absolute atomic E-state index is 13.1. The lowest BCUT2D eigenvalue weighted by Gasteiger charge is -2.20. The number of hydrogen-bond acceptors (Lipinski definition) is 5. The van der Waals surface area contributed by atoms with Crippen LogP contribution in [0.15, 0.2) is 54.7 Å². The van der Waals surface area contributed by atoms with E-state index < -0.39 is 5.97 Å². The van der Waals surface area contributed by atoms with Crippen molar-refractivity contribution in [2.75, 3.05) is 11.9 Å². The van der Waals surface area contributed by atoms with Crippen LogP contribution in [0, 0.1) is 19.8 Å². The Bertz CT molecular complexity index is 1220. The van der Waals surface area contributed by atoms with E-state index in [2.05, 4.69) is 48.4 Å². The van der Waals surface area contributed by atoms with Crippen LogP contribution in [-0.2, 0) is 11.2 Å². The lowest BCUT2D eigenvalue weighted by Crippen LogP contribution is -2.16. The summed E-state index contributed by atoms with van der Waals surface area (Å²) in [7, 11) is 0. The smallest absolute Gasteiger partial charge is 0.303 e. The molecule has 0 saturated carbocycles. The maximum atomic E-state index is 13.1. The number of carboxylic acid groups (broad SMARTS) is 1. The zero-order valence-electron chi connectivity index (χ0n) is 22.2. The number of nitrogens with one attached hydrogen (secondary N) is 1. The molecule has 0 fully saturated rings. The average Bonchev–Trinajstić information content (AvgIpc) is 2.85. The molecule has 0 bridgehead atoms. The second-order valence-corrected chi connectivity index (χ2v) is 9.61. The van der Waals surface area contributed by atoms with Crippen LogP contribution in [0.4, 0.5) is 5.82 Å². The van der Waals surface area contributed by atoms with Crippen LogP contribution in [0.3, 0.4) is 0 Å². The van der Waals surface area contributed by atoms with Gasteiger partial charge in [0.1, 0.15) is 11.9 Å². The molecule has 1 amide bonds. The molecule has 0 radical (unpaired) electrons. The molecule has 2 N–H and O–H groups in total. The summed E-state index contributed by atoms with van der Waals surface area (Å²) in [6.07, 6.45) is 2.84. The van der Waals surface area contributed by atoms with Gasteiger partial charge in [-0.15, -0.1) is 0 Å². The molecule has 0 unspecified atom stereocenters. The van der Waals surface area contributed by atoms with Gasteiger partial charge in [-0.3, -0.25) is 9.59 Å². The van der Waals surface area contributed by atoms with Crippen molar-refractivity contribution in [3.63, 3.8) is 0 Å². The Kier molecular flexibility index (Phi) is 9.66. The molecule has 0 spiro atoms. The molecular weight excluding hydrogens is 468 g/mol. The Morgan fingerprint density at radius 1 is 0.973 bits per heavy atom. The van der Waals surface area contributed by atoms with Crippen LogP contribution < -0.4 is 14.8 Å². The van der Waals surface area contributed by atoms with Crippen molar-refractivity contribution in [1.82, 2.24) is 4.98 Å². The van der Waals surface area contributed by atoms with Crippen LogP contribution in [0.1, 0.15) is 72.3 Å². The van der Waals surface area contributed by atoms with Gasteiger partial charge in [0.2, 0.25) is 0 Å². The lowest BCUT2D eigenvalue weighted by atomic mass is 10.00. The number of aromatic nitrogens is 1. The third kappa shape index (κ3) is 7.81. The van der Waals surface area contributed by atoms with Crippen LogP contribution in [0.25, 0.3) is 0 Å². The van der Waals surface area contributed by atoms with Crippen molar-refractivity contribution in [3.05, 3.63) is 82.5 Å². The fourth-order valence-corrected chi connectivity index (χ4v) is 4.01. The molecule has 1 atom stereocenters. The Morgan fingerprint density at radius 2 is 1.70 bits per heavy atom. The van der Waals surface area contributed by atoms with Crippen molar-refractivity contribution in [1.29, 1.82) is 0 Å². The second-order valence-electron chi connectivity index (χ2n) is 9.61. The number of hydrogen-bond donors (Lipinski definition) is 2. The number of carbonyl (C=O) groups excluding carboxylic acids is 1. The molecule has 0 aliphatic heterocycles. The van der Waals surface area contributed by atoms with Gasteiger partial charge in [-0.05, 0) is 86.1 Å². The third-order valence-electron chi connectivity index (χ3n) is 6.17. The van der Waals surface area contributed by atoms with Crippen LogP contribution >= 0.6 is 0 Å². The van der Waals surface area contributed by atoms with E-state index in [-0.39, 0.29) is 30.9 Å². The number of rotatable bonds is 12. The summed E-state index contributed by atoms with van der Waals surface area (Å²) >= 11 is 0. The largest absolute Gasteiger partial charge is 0.490 e. The number of aliphatic carboxylic acids is 1. The second kappa shape index (κ2) is 12.9. The van der Waals surface area contributed by atoms with Crippen molar-refractivity contribution < 1.29 is 24.2 Å². The van der Waals surface area contributed by atoms with Crippen LogP contribution in [-0.4, -0.2) is 28.6 Å². The number of ether oxygens (including phenoxy) is 2. The van der Waals surface area contributed by atoms with Crippen molar-refractivity contribution in [2.45, 2.75) is 60.0 Å². The zero-order chi connectivity index (χ0) is 26.9. The Hall–Kier alpha value is -3.87. The number of pyridine rings is 1. The Morgan fingerprint density at radius 3 is 2.38 bits per heavy atom. The Labute approximate surface area is 218 Å². The van der Waals surface area contributed by atoms with Crippen molar-refractivity contribution >= 4 is 17.7 Å². The van der Waals surface area contributed by atoms with E-state index in [1.54, 1.807) is 24.4 Å². The molecule has 3 rings (SSSR count). The number of benzene rings is 2. The average molecular weight is 505 g/mol. The highest BCUT2D eigenvalue weighted by molar-refractivity contribution is 6.05. The number of anilines is 1. The van der Waals surface area contributed by atoms with E-state index >= 15 is 0 Å². The topological polar surface area (TPSA) is 97.8 Å². The molecule has 1 aromatic heterocycles. The first-order chi connectivity index (χ1) is 17.7. The number of amides is 1. The molecule has 0 aliphatic rings. The highest BCUT2D eigenvalue weighted by atomic mass is 16.5. The maximum Gasteiger partial charge on any atom is 0.303 e. The summed E-state index contributed by atoms with van der Waals surface area (Å²) in [5.74, 6) is 0.832. The first-order valence-electron chi connectivity index (χ1n) is 12.6. The van der Waals surface area contributed by atoms with E-state index in [9.17, 15) is 9.59 Å². The van der Waals surface area contributed by atoms with Gasteiger partial charge in [0.05, 0.1) is 6.61 Å². The van der Waals surface area contributed by atoms with Gasteiger partial charge in [-0.1, -0.05) is 38.1 Å². The third-order valence-corrected chi connectivity index (χ3v) is 6.17. The SMILES string of the molecule is Cc1c(O[C@@H](C)c2ccc(CC(C)C)cc2)ccc(C(=O)Nc2ncccc2OCCCC(=O)O)c1C. The number of carbonyl (C=O) groups is 2. The Balaban J connectivity index is 1.68. The van der Waals surface area contributed by atoms with E-state index in [0.29, 0.717) is 23.7 Å². The van der Waals surface area contributed by atoms with Crippen molar-refractivity contribution in [3.8, 4) is 11.5 Å². The van der Waals surface area contributed by atoms with Gasteiger partial charge >= 0.3 is 5.97 Å². The highest BCUT2D eigenvalue weighted by Crippen LogP contribution is 2.30. The number of nitrogens with zero attached hydrogens (tertiary/aromatic N) is 1. The molecule has 1 heterocycles. The van der Waals surface area contributed by atoms with Gasteiger partial charge in [0.15, 0.2) is 11.6 Å². The molecule has 37 heavy (non-hydrogen) atoms. The molecule has 0 aliphatic carbocycles. The summed E-state index contributed by atoms with van der Waals surface area (Å²) < 4.78 is 11.9. The molecule has 7 heteroatoms. The minimum Gasteiger partial charge on any atom is -0.490 e. The van der Waals surface area contributed by atoms with E-state index in [1.807, 2.05) is 26.8 Å². The molecule has 2 aromatic carbocycles. The highest BCUT2D eigenvalue weighted by Gasteiger charge is 2.18. The van der Waals surface area contributed by atoms with E-state index in [4.69, 9.17) is 14.6 Å². The fraction of sp³-hybridized carbons (Fsp3) is 0.367. The van der Waals surface area contributed by atoms with E-state index in [1.165, 1.54) is 5.56 Å². The van der Waals surface area contributed by atoms with Crippen LogP contribution in [0.5, 0.6) is 11.5 Å².